The van der Waals surface area contributed by atoms with Gasteiger partial charge < -0.3 is 15.0 Å². The number of aromatic nitrogens is 1. The summed E-state index contributed by atoms with van der Waals surface area (Å²) in [6, 6.07) is 2.72. The van der Waals surface area contributed by atoms with Gasteiger partial charge in [-0.3, -0.25) is 24.1 Å². The van der Waals surface area contributed by atoms with Crippen LogP contribution >= 0.6 is 0 Å². The van der Waals surface area contributed by atoms with E-state index in [4.69, 9.17) is 4.74 Å². The lowest BCUT2D eigenvalue weighted by atomic mass is 10.1. The summed E-state index contributed by atoms with van der Waals surface area (Å²) in [6.45, 7) is 6.04. The van der Waals surface area contributed by atoms with Crippen molar-refractivity contribution < 1.29 is 23.1 Å². The lowest BCUT2D eigenvalue weighted by Crippen LogP contribution is -2.57. The van der Waals surface area contributed by atoms with Crippen LogP contribution in [0, 0.1) is 11.6 Å². The molecule has 4 rings (SSSR count). The predicted molar refractivity (Wildman–Crippen MR) is 126 cm³/mol. The average molecular weight is 487 g/mol. The van der Waals surface area contributed by atoms with E-state index in [9.17, 15) is 23.2 Å². The molecule has 2 aliphatic rings. The fourth-order valence-corrected chi connectivity index (χ4v) is 4.12. The molecule has 1 N–H and O–H groups in total. The van der Waals surface area contributed by atoms with Crippen LogP contribution in [-0.2, 0) is 6.54 Å². The number of nitrogens with one attached hydrogen (secondary N) is 1. The molecule has 2 aliphatic heterocycles. The Balaban J connectivity index is 1.75. The van der Waals surface area contributed by atoms with Crippen molar-refractivity contribution in [3.63, 3.8) is 0 Å². The van der Waals surface area contributed by atoms with Crippen LogP contribution in [0.3, 0.4) is 0 Å². The Hall–Kier alpha value is -3.69. The first-order chi connectivity index (χ1) is 16.7. The second-order valence-corrected chi connectivity index (χ2v) is 8.74. The Morgan fingerprint density at radius 3 is 2.63 bits per heavy atom. The quantitative estimate of drug-likeness (QED) is 0.481. The number of carbonyl (C=O) groups excluding carboxylic acids is 2. The van der Waals surface area contributed by atoms with Crippen molar-refractivity contribution in [2.75, 3.05) is 18.3 Å². The molecule has 0 spiro atoms. The first-order valence-corrected chi connectivity index (χ1v) is 11.6. The van der Waals surface area contributed by atoms with E-state index in [0.717, 1.165) is 18.6 Å². The van der Waals surface area contributed by atoms with Gasteiger partial charge in [-0.1, -0.05) is 31.6 Å². The zero-order valence-electron chi connectivity index (χ0n) is 19.9. The molecule has 1 aromatic heterocycles. The van der Waals surface area contributed by atoms with Gasteiger partial charge in [0.15, 0.2) is 11.4 Å². The van der Waals surface area contributed by atoms with Gasteiger partial charge in [0.1, 0.15) is 23.9 Å². The summed E-state index contributed by atoms with van der Waals surface area (Å²) in [5, 5.41) is 4.38. The van der Waals surface area contributed by atoms with E-state index in [1.807, 2.05) is 37.9 Å². The minimum absolute atomic E-state index is 0.0703. The van der Waals surface area contributed by atoms with Gasteiger partial charge in [-0.15, -0.1) is 0 Å². The molecule has 2 aromatic rings. The number of ether oxygens (including phenoxy) is 1. The molecule has 10 heteroatoms. The molecular weight excluding hydrogens is 458 g/mol. The first-order valence-electron chi connectivity index (χ1n) is 11.6. The number of pyridine rings is 1. The van der Waals surface area contributed by atoms with Gasteiger partial charge in [0.05, 0.1) is 12.6 Å². The fourth-order valence-electron chi connectivity index (χ4n) is 4.12. The molecule has 3 heterocycles. The number of benzene rings is 1. The molecule has 35 heavy (non-hydrogen) atoms. The summed E-state index contributed by atoms with van der Waals surface area (Å²) in [4.78, 5) is 41.5. The van der Waals surface area contributed by atoms with Crippen molar-refractivity contribution >= 4 is 11.8 Å². The van der Waals surface area contributed by atoms with Gasteiger partial charge in [-0.25, -0.2) is 8.78 Å². The number of hydrogen-bond donors (Lipinski definition) is 1. The molecular formula is C25H28F2N4O4. The number of unbranched alkanes of at least 4 members (excludes halogenated alkanes) is 1. The van der Waals surface area contributed by atoms with Crippen LogP contribution in [0.4, 0.5) is 8.78 Å². The monoisotopic (exact) mass is 486 g/mol. The van der Waals surface area contributed by atoms with Crippen LogP contribution in [0.2, 0.25) is 0 Å². The molecule has 0 aliphatic carbocycles. The molecule has 0 saturated heterocycles. The first kappa shape index (κ1) is 24.4. The SMILES string of the molecule is CCCCOc1c2n(cc(C(=O)NCc3ccc(F)cc3F)c1=O)N1CN(C2=O)C(C)C=C[C@@H]1C. The number of halogens is 2. The molecule has 2 bridgehead atoms. The fraction of sp³-hybridized carbons (Fsp3) is 0.400. The van der Waals surface area contributed by atoms with Crippen molar-refractivity contribution in [1.82, 2.24) is 14.9 Å². The topological polar surface area (TPSA) is 83.9 Å². The third kappa shape index (κ3) is 4.65. The van der Waals surface area contributed by atoms with Gasteiger partial charge in [-0.05, 0) is 26.3 Å². The molecule has 2 amide bonds. The number of fused-ring (bicyclic) bond motifs is 4. The smallest absolute Gasteiger partial charge is 0.278 e. The Morgan fingerprint density at radius 2 is 1.91 bits per heavy atom. The Morgan fingerprint density at radius 1 is 1.17 bits per heavy atom. The lowest BCUT2D eigenvalue weighted by Gasteiger charge is -2.42. The molecule has 2 atom stereocenters. The number of carbonyl (C=O) groups is 2. The van der Waals surface area contributed by atoms with Crippen LogP contribution in [-0.4, -0.2) is 46.7 Å². The zero-order valence-corrected chi connectivity index (χ0v) is 19.9. The highest BCUT2D eigenvalue weighted by atomic mass is 19.1. The number of nitrogens with zero attached hydrogens (tertiary/aromatic N) is 3. The van der Waals surface area contributed by atoms with Crippen molar-refractivity contribution in [2.24, 2.45) is 0 Å². The minimum Gasteiger partial charge on any atom is -0.487 e. The highest BCUT2D eigenvalue weighted by molar-refractivity contribution is 5.99. The van der Waals surface area contributed by atoms with Gasteiger partial charge in [-0.2, -0.15) is 0 Å². The molecule has 0 fully saturated rings. The molecule has 8 nitrogen and oxygen atoms in total. The molecule has 186 valence electrons. The van der Waals surface area contributed by atoms with Gasteiger partial charge >= 0.3 is 0 Å². The van der Waals surface area contributed by atoms with Crippen LogP contribution in [0.25, 0.3) is 0 Å². The molecule has 0 saturated carbocycles. The van der Waals surface area contributed by atoms with Crippen LogP contribution in [0.1, 0.15) is 60.0 Å². The van der Waals surface area contributed by atoms with Gasteiger partial charge in [0.25, 0.3) is 11.8 Å². The maximum atomic E-state index is 14.0. The maximum Gasteiger partial charge on any atom is 0.278 e. The van der Waals surface area contributed by atoms with Crippen molar-refractivity contribution in [2.45, 2.75) is 52.2 Å². The van der Waals surface area contributed by atoms with E-state index in [1.54, 1.807) is 4.90 Å². The number of amides is 2. The maximum absolute atomic E-state index is 14.0. The van der Waals surface area contributed by atoms with Crippen LogP contribution in [0.15, 0.2) is 41.3 Å². The highest BCUT2D eigenvalue weighted by Crippen LogP contribution is 2.27. The Bertz CT molecular complexity index is 1240. The lowest BCUT2D eigenvalue weighted by molar-refractivity contribution is 0.0650. The van der Waals surface area contributed by atoms with Gasteiger partial charge in [0.2, 0.25) is 5.43 Å². The van der Waals surface area contributed by atoms with E-state index < -0.39 is 23.0 Å². The highest BCUT2D eigenvalue weighted by Gasteiger charge is 2.39. The summed E-state index contributed by atoms with van der Waals surface area (Å²) in [7, 11) is 0. The van der Waals surface area contributed by atoms with E-state index in [2.05, 4.69) is 5.32 Å². The normalized spacial score (nSPS) is 18.8. The number of hydrogen-bond acceptors (Lipinski definition) is 5. The minimum atomic E-state index is -0.805. The predicted octanol–water partition coefficient (Wildman–Crippen LogP) is 2.93. The van der Waals surface area contributed by atoms with E-state index in [1.165, 1.54) is 16.9 Å². The second kappa shape index (κ2) is 9.89. The standard InChI is InChI=1S/C25H28F2N4O4/c1-4-5-10-35-23-21-25(34)29-14-31(16(3)7-6-15(29)2)30(21)13-19(22(23)32)24(33)28-12-17-8-9-18(26)11-20(17)27/h6-9,11,13,15-16H,4-5,10,12,14H2,1-3H3,(H,28,33)/t15?,16-/m0/s1. The summed E-state index contributed by atoms with van der Waals surface area (Å²) < 4.78 is 34.5. The van der Waals surface area contributed by atoms with E-state index in [-0.39, 0.29) is 60.4 Å². The summed E-state index contributed by atoms with van der Waals surface area (Å²) in [5.41, 5.74) is -0.811. The van der Waals surface area contributed by atoms with E-state index in [0.29, 0.717) is 6.42 Å². The van der Waals surface area contributed by atoms with Crippen molar-refractivity contribution in [1.29, 1.82) is 0 Å². The average Bonchev–Trinajstić information content (AvgIpc) is 2.95. The summed E-state index contributed by atoms with van der Waals surface area (Å²) in [5.74, 6) is -2.83. The molecule has 1 aromatic carbocycles. The van der Waals surface area contributed by atoms with Gasteiger partial charge in [0, 0.05) is 30.4 Å². The third-order valence-corrected chi connectivity index (χ3v) is 6.26. The number of rotatable bonds is 7. The second-order valence-electron chi connectivity index (χ2n) is 8.74. The zero-order chi connectivity index (χ0) is 25.3. The Labute approximate surface area is 201 Å². The third-order valence-electron chi connectivity index (χ3n) is 6.26. The van der Waals surface area contributed by atoms with Crippen molar-refractivity contribution in [3.05, 3.63) is 75.2 Å². The Kier molecular flexibility index (Phi) is 6.90. The largest absolute Gasteiger partial charge is 0.487 e. The van der Waals surface area contributed by atoms with E-state index >= 15 is 0 Å². The summed E-state index contributed by atoms with van der Waals surface area (Å²) >= 11 is 0. The molecule has 0 radical (unpaired) electrons. The van der Waals surface area contributed by atoms with Crippen LogP contribution in [0.5, 0.6) is 5.75 Å². The van der Waals surface area contributed by atoms with Crippen LogP contribution < -0.4 is 20.5 Å². The molecule has 1 unspecified atom stereocenters. The summed E-state index contributed by atoms with van der Waals surface area (Å²) in [6.07, 6.45) is 6.69. The van der Waals surface area contributed by atoms with Crippen molar-refractivity contribution in [3.8, 4) is 5.75 Å².